The number of furan rings is 1. The zero-order valence-electron chi connectivity index (χ0n) is 18.3. The number of nitrogens with two attached hydrogens (primary N) is 1. The molecule has 0 amide bonds. The normalized spacial score (nSPS) is 24.8. The summed E-state index contributed by atoms with van der Waals surface area (Å²) in [6.45, 7) is 2.18. The number of fused-ring (bicyclic) bond motifs is 1. The fourth-order valence-electron chi connectivity index (χ4n) is 5.07. The average molecular weight is 449 g/mol. The van der Waals surface area contributed by atoms with E-state index in [1.807, 2.05) is 30.3 Å². The molecule has 0 aliphatic carbocycles. The van der Waals surface area contributed by atoms with Crippen LogP contribution in [-0.2, 0) is 10.3 Å². The van der Waals surface area contributed by atoms with Gasteiger partial charge in [-0.05, 0) is 74.3 Å². The van der Waals surface area contributed by atoms with E-state index in [-0.39, 0.29) is 5.84 Å². The smallest absolute Gasteiger partial charge is 0.329 e. The Morgan fingerprint density at radius 1 is 1.18 bits per heavy atom. The Hall–Kier alpha value is -3.36. The first-order valence-corrected chi connectivity index (χ1v) is 11.3. The third-order valence-corrected chi connectivity index (χ3v) is 6.81. The fourth-order valence-corrected chi connectivity index (χ4v) is 5.07. The minimum Gasteiger partial charge on any atom is -0.492 e. The van der Waals surface area contributed by atoms with Crippen LogP contribution in [0.3, 0.4) is 0 Å². The molecule has 0 saturated carbocycles. The minimum atomic E-state index is -1.30. The number of benzene rings is 2. The molecule has 0 radical (unpaired) electrons. The molecule has 2 aromatic carbocycles. The summed E-state index contributed by atoms with van der Waals surface area (Å²) in [5, 5.41) is 25.5. The number of ether oxygens (including phenoxy) is 1. The third-order valence-electron chi connectivity index (χ3n) is 6.81. The van der Waals surface area contributed by atoms with Crippen LogP contribution in [0.5, 0.6) is 5.75 Å². The molecule has 0 spiro atoms. The molecule has 3 heterocycles. The van der Waals surface area contributed by atoms with E-state index in [9.17, 15) is 9.90 Å². The first-order valence-electron chi connectivity index (χ1n) is 11.3. The largest absolute Gasteiger partial charge is 0.492 e. The van der Waals surface area contributed by atoms with Crippen LogP contribution < -0.4 is 21.1 Å². The Bertz CT molecular complexity index is 1180. The van der Waals surface area contributed by atoms with E-state index in [1.165, 1.54) is 6.42 Å². The molecule has 3 atom stereocenters. The summed E-state index contributed by atoms with van der Waals surface area (Å²) in [6, 6.07) is 14.9. The zero-order chi connectivity index (χ0) is 23.0. The standard InChI is InChI=1S/C25H28N4O4/c26-23(27)15-3-8-21-16(12-15)13-22(33-21)20-9-11-29-25(20,24(30)31)17-4-6-19(7-5-17)32-14-18-2-1-10-28-18/h3-8,12-13,18,20,28-29H,1-2,9-11,14H2,(H3,26,27)(H,30,31)/t18-,20?,25?/m0/s1. The third kappa shape index (κ3) is 3.85. The highest BCUT2D eigenvalue weighted by Gasteiger charge is 2.52. The number of nitrogens with one attached hydrogen (secondary N) is 3. The molecule has 2 aliphatic heterocycles. The Balaban J connectivity index is 1.44. The van der Waals surface area contributed by atoms with Gasteiger partial charge in [-0.1, -0.05) is 12.1 Å². The van der Waals surface area contributed by atoms with Gasteiger partial charge in [0.25, 0.3) is 0 Å². The van der Waals surface area contributed by atoms with E-state index in [2.05, 4.69) is 10.6 Å². The van der Waals surface area contributed by atoms with Gasteiger partial charge in [0.15, 0.2) is 5.54 Å². The lowest BCUT2D eigenvalue weighted by molar-refractivity contribution is -0.145. The number of carboxylic acids is 1. The Kier molecular flexibility index (Phi) is 5.55. The van der Waals surface area contributed by atoms with E-state index in [0.29, 0.717) is 48.1 Å². The van der Waals surface area contributed by atoms with E-state index in [4.69, 9.17) is 20.3 Å². The first-order chi connectivity index (χ1) is 16.0. The summed E-state index contributed by atoms with van der Waals surface area (Å²) in [5.74, 6) is -0.0294. The molecule has 3 aromatic rings. The summed E-state index contributed by atoms with van der Waals surface area (Å²) < 4.78 is 12.0. The van der Waals surface area contributed by atoms with Crippen molar-refractivity contribution < 1.29 is 19.1 Å². The minimum absolute atomic E-state index is 0.0203. The zero-order valence-corrected chi connectivity index (χ0v) is 18.3. The van der Waals surface area contributed by atoms with Gasteiger partial charge in [0.2, 0.25) is 0 Å². The van der Waals surface area contributed by atoms with Gasteiger partial charge in [-0.3, -0.25) is 10.7 Å². The molecule has 0 bridgehead atoms. The van der Waals surface area contributed by atoms with E-state index in [1.54, 1.807) is 18.2 Å². The van der Waals surface area contributed by atoms with Crippen molar-refractivity contribution in [1.82, 2.24) is 10.6 Å². The average Bonchev–Trinajstić information content (AvgIpc) is 3.56. The number of hydrogen-bond acceptors (Lipinski definition) is 6. The lowest BCUT2D eigenvalue weighted by atomic mass is 9.78. The van der Waals surface area contributed by atoms with Crippen LogP contribution in [0, 0.1) is 5.41 Å². The van der Waals surface area contributed by atoms with Crippen molar-refractivity contribution in [3.8, 4) is 5.75 Å². The van der Waals surface area contributed by atoms with Crippen LogP contribution in [-0.4, -0.2) is 42.6 Å². The summed E-state index contributed by atoms with van der Waals surface area (Å²) in [4.78, 5) is 12.7. The lowest BCUT2D eigenvalue weighted by Gasteiger charge is -2.31. The van der Waals surface area contributed by atoms with Gasteiger partial charge in [-0.2, -0.15) is 0 Å². The second-order valence-corrected chi connectivity index (χ2v) is 8.82. The molecule has 5 rings (SSSR count). The highest BCUT2D eigenvalue weighted by atomic mass is 16.5. The van der Waals surface area contributed by atoms with Gasteiger partial charge < -0.3 is 25.3 Å². The quantitative estimate of drug-likeness (QED) is 0.277. The predicted molar refractivity (Wildman–Crippen MR) is 125 cm³/mol. The van der Waals surface area contributed by atoms with Gasteiger partial charge in [0, 0.05) is 17.0 Å². The number of aliphatic carboxylic acids is 1. The van der Waals surface area contributed by atoms with Crippen LogP contribution in [0.4, 0.5) is 0 Å². The topological polar surface area (TPSA) is 134 Å². The number of amidine groups is 1. The molecule has 2 fully saturated rings. The van der Waals surface area contributed by atoms with Crippen LogP contribution in [0.2, 0.25) is 0 Å². The van der Waals surface area contributed by atoms with Crippen molar-refractivity contribution in [2.24, 2.45) is 5.73 Å². The Morgan fingerprint density at radius 3 is 2.70 bits per heavy atom. The summed E-state index contributed by atoms with van der Waals surface area (Å²) in [7, 11) is 0. The second kappa shape index (κ2) is 8.53. The maximum absolute atomic E-state index is 12.7. The maximum Gasteiger partial charge on any atom is 0.329 e. The highest BCUT2D eigenvalue weighted by molar-refractivity contribution is 5.98. The number of hydrogen-bond donors (Lipinski definition) is 5. The number of rotatable bonds is 7. The molecule has 2 aliphatic rings. The van der Waals surface area contributed by atoms with Crippen molar-refractivity contribution in [1.29, 1.82) is 5.41 Å². The van der Waals surface area contributed by atoms with Crippen LogP contribution in [0.1, 0.15) is 42.1 Å². The summed E-state index contributed by atoms with van der Waals surface area (Å²) in [6.07, 6.45) is 2.90. The fraction of sp³-hybridized carbons (Fsp3) is 0.360. The van der Waals surface area contributed by atoms with E-state index < -0.39 is 17.4 Å². The number of carboxylic acid groups (broad SMARTS) is 1. The number of nitrogen functional groups attached to an aromatic ring is 1. The maximum atomic E-state index is 12.7. The molecule has 172 valence electrons. The monoisotopic (exact) mass is 448 g/mol. The Morgan fingerprint density at radius 2 is 2.00 bits per heavy atom. The number of carbonyl (C=O) groups is 1. The molecule has 6 N–H and O–H groups in total. The van der Waals surface area contributed by atoms with Gasteiger partial charge in [0.05, 0.1) is 5.92 Å². The first kappa shape index (κ1) is 21.5. The highest BCUT2D eigenvalue weighted by Crippen LogP contribution is 2.45. The molecular formula is C25H28N4O4. The molecule has 8 heteroatoms. The molecule has 2 saturated heterocycles. The second-order valence-electron chi connectivity index (χ2n) is 8.82. The van der Waals surface area contributed by atoms with Gasteiger partial charge >= 0.3 is 5.97 Å². The van der Waals surface area contributed by atoms with Crippen molar-refractivity contribution in [3.05, 3.63) is 65.4 Å². The van der Waals surface area contributed by atoms with Crippen molar-refractivity contribution >= 4 is 22.8 Å². The molecule has 1 aromatic heterocycles. The SMILES string of the molecule is N=C(N)c1ccc2oc(C3CCNC3(C(=O)O)c3ccc(OC[C@@H]4CCCN4)cc3)cc2c1. The van der Waals surface area contributed by atoms with Crippen LogP contribution >= 0.6 is 0 Å². The van der Waals surface area contributed by atoms with Gasteiger partial charge in [-0.15, -0.1) is 0 Å². The van der Waals surface area contributed by atoms with Crippen LogP contribution in [0.15, 0.2) is 52.9 Å². The lowest BCUT2D eigenvalue weighted by Crippen LogP contribution is -2.48. The molecular weight excluding hydrogens is 420 g/mol. The summed E-state index contributed by atoms with van der Waals surface area (Å²) in [5.41, 5.74) is 6.22. The van der Waals surface area contributed by atoms with E-state index >= 15 is 0 Å². The predicted octanol–water partition coefficient (Wildman–Crippen LogP) is 2.90. The Labute approximate surface area is 191 Å². The van der Waals surface area contributed by atoms with Crippen molar-refractivity contribution in [2.75, 3.05) is 19.7 Å². The van der Waals surface area contributed by atoms with Gasteiger partial charge in [-0.25, -0.2) is 4.79 Å². The van der Waals surface area contributed by atoms with E-state index in [0.717, 1.165) is 24.1 Å². The van der Waals surface area contributed by atoms with Crippen molar-refractivity contribution in [3.63, 3.8) is 0 Å². The van der Waals surface area contributed by atoms with Crippen LogP contribution in [0.25, 0.3) is 11.0 Å². The summed E-state index contributed by atoms with van der Waals surface area (Å²) >= 11 is 0. The van der Waals surface area contributed by atoms with Gasteiger partial charge in [0.1, 0.15) is 29.5 Å². The van der Waals surface area contributed by atoms with Crippen molar-refractivity contribution in [2.45, 2.75) is 36.8 Å². The molecule has 2 unspecified atom stereocenters. The molecule has 33 heavy (non-hydrogen) atoms. The molecule has 8 nitrogen and oxygen atoms in total.